The Morgan fingerprint density at radius 2 is 1.62 bits per heavy atom. The summed E-state index contributed by atoms with van der Waals surface area (Å²) in [5.74, 6) is -1.45. The molecule has 5 nitrogen and oxygen atoms in total. The molecule has 2 rings (SSSR count). The SMILES string of the molecule is C.CO[C@H](C[C@H](CCCCN(C)Cc1ccc(F)cc1)C(=O)NO)c1ccc(F)cc1.S. The Balaban J connectivity index is 0.00000480. The van der Waals surface area contributed by atoms with E-state index in [4.69, 9.17) is 9.94 Å². The number of unbranched alkanes of at least 4 members (excludes halogenated alkanes) is 1. The fourth-order valence-corrected chi connectivity index (χ4v) is 3.50. The molecule has 0 unspecified atom stereocenters. The van der Waals surface area contributed by atoms with Gasteiger partial charge in [-0.15, -0.1) is 0 Å². The number of halogens is 2. The molecule has 0 bridgehead atoms. The lowest BCUT2D eigenvalue weighted by Crippen LogP contribution is -2.29. The molecule has 1 amide bonds. The largest absolute Gasteiger partial charge is 0.377 e. The van der Waals surface area contributed by atoms with E-state index in [-0.39, 0.29) is 38.7 Å². The van der Waals surface area contributed by atoms with Crippen molar-refractivity contribution in [3.8, 4) is 0 Å². The number of methoxy groups -OCH3 is 1. The molecule has 0 aromatic heterocycles. The van der Waals surface area contributed by atoms with E-state index < -0.39 is 11.8 Å². The maximum absolute atomic E-state index is 13.2. The van der Waals surface area contributed by atoms with Gasteiger partial charge in [0.25, 0.3) is 0 Å². The fourth-order valence-electron chi connectivity index (χ4n) is 3.50. The molecule has 0 radical (unpaired) electrons. The van der Waals surface area contributed by atoms with Crippen LogP contribution in [-0.4, -0.2) is 36.7 Å². The van der Waals surface area contributed by atoms with E-state index in [1.165, 1.54) is 24.3 Å². The quantitative estimate of drug-likeness (QED) is 0.254. The highest BCUT2D eigenvalue weighted by Crippen LogP contribution is 2.28. The van der Waals surface area contributed by atoms with Crippen LogP contribution < -0.4 is 5.48 Å². The zero-order chi connectivity index (χ0) is 21.9. The lowest BCUT2D eigenvalue weighted by Gasteiger charge is -2.22. The third-order valence-corrected chi connectivity index (χ3v) is 5.21. The van der Waals surface area contributed by atoms with E-state index in [9.17, 15) is 13.6 Å². The second-order valence-corrected chi connectivity index (χ2v) is 7.54. The van der Waals surface area contributed by atoms with E-state index in [2.05, 4.69) is 4.90 Å². The Labute approximate surface area is 197 Å². The monoisotopic (exact) mass is 470 g/mol. The standard InChI is InChI=1S/C23H30F2N2O3.CH4.H2S/c1-27(16-17-6-10-20(24)11-7-17)14-4-3-5-19(23(28)26-29)15-22(30-2)18-8-12-21(25)13-9-18;;/h6-13,19,22,29H,3-5,14-16H2,1-2H3,(H,26,28);1H4;1H2/t19-,22+;;/m0../s1. The predicted octanol–water partition coefficient (Wildman–Crippen LogP) is 5.22. The Hall–Kier alpha value is -2.00. The molecule has 2 atom stereocenters. The van der Waals surface area contributed by atoms with Crippen LogP contribution in [0, 0.1) is 17.6 Å². The number of hydroxylamine groups is 1. The summed E-state index contributed by atoms with van der Waals surface area (Å²) < 4.78 is 31.7. The van der Waals surface area contributed by atoms with Crippen molar-refractivity contribution >= 4 is 19.4 Å². The van der Waals surface area contributed by atoms with Crippen LogP contribution in [0.3, 0.4) is 0 Å². The Morgan fingerprint density at radius 3 is 2.16 bits per heavy atom. The molecule has 8 heteroatoms. The molecule has 180 valence electrons. The number of hydrogen-bond acceptors (Lipinski definition) is 4. The summed E-state index contributed by atoms with van der Waals surface area (Å²) >= 11 is 0. The maximum Gasteiger partial charge on any atom is 0.246 e. The van der Waals surface area contributed by atoms with Crippen molar-refractivity contribution in [1.29, 1.82) is 0 Å². The van der Waals surface area contributed by atoms with Gasteiger partial charge in [0, 0.05) is 19.6 Å². The highest BCUT2D eigenvalue weighted by molar-refractivity contribution is 7.59. The highest BCUT2D eigenvalue weighted by atomic mass is 32.1. The van der Waals surface area contributed by atoms with Crippen molar-refractivity contribution in [2.45, 2.75) is 45.8 Å². The summed E-state index contributed by atoms with van der Waals surface area (Å²) in [6.45, 7) is 1.55. The average molecular weight is 471 g/mol. The first kappa shape index (κ1) is 30.0. The second kappa shape index (κ2) is 15.7. The summed E-state index contributed by atoms with van der Waals surface area (Å²) in [4.78, 5) is 14.3. The first-order chi connectivity index (χ1) is 14.4. The van der Waals surface area contributed by atoms with Crippen molar-refractivity contribution in [2.75, 3.05) is 20.7 Å². The smallest absolute Gasteiger partial charge is 0.246 e. The molecule has 0 aliphatic rings. The van der Waals surface area contributed by atoms with Gasteiger partial charge in [-0.25, -0.2) is 14.3 Å². The molecular weight excluding hydrogens is 434 g/mol. The summed E-state index contributed by atoms with van der Waals surface area (Å²) in [5, 5.41) is 9.10. The van der Waals surface area contributed by atoms with Gasteiger partial charge in [0.15, 0.2) is 0 Å². The van der Waals surface area contributed by atoms with Crippen LogP contribution in [0.15, 0.2) is 48.5 Å². The van der Waals surface area contributed by atoms with Gasteiger partial charge in [0.1, 0.15) is 11.6 Å². The molecule has 2 aromatic carbocycles. The summed E-state index contributed by atoms with van der Waals surface area (Å²) in [6.07, 6.45) is 2.29. The zero-order valence-electron chi connectivity index (χ0n) is 18.0. The van der Waals surface area contributed by atoms with Gasteiger partial charge in [0.2, 0.25) is 5.91 Å². The minimum absolute atomic E-state index is 0. The van der Waals surface area contributed by atoms with Crippen molar-refractivity contribution in [3.63, 3.8) is 0 Å². The molecule has 32 heavy (non-hydrogen) atoms. The van der Waals surface area contributed by atoms with Crippen LogP contribution in [0.1, 0.15) is 50.3 Å². The minimum Gasteiger partial charge on any atom is -0.377 e. The molecule has 0 saturated carbocycles. The van der Waals surface area contributed by atoms with Crippen molar-refractivity contribution < 1.29 is 23.5 Å². The van der Waals surface area contributed by atoms with E-state index in [1.807, 2.05) is 7.05 Å². The topological polar surface area (TPSA) is 61.8 Å². The number of nitrogens with one attached hydrogen (secondary N) is 1. The van der Waals surface area contributed by atoms with Crippen LogP contribution >= 0.6 is 13.5 Å². The van der Waals surface area contributed by atoms with E-state index in [0.717, 1.165) is 37.1 Å². The first-order valence-corrected chi connectivity index (χ1v) is 10.1. The minimum atomic E-state index is -0.446. The van der Waals surface area contributed by atoms with Gasteiger partial charge in [-0.2, -0.15) is 13.5 Å². The molecule has 0 heterocycles. The number of carbonyl (C=O) groups excluding carboxylic acids is 1. The highest BCUT2D eigenvalue weighted by Gasteiger charge is 2.23. The molecule has 2 aromatic rings. The Bertz CT molecular complexity index is 776. The number of nitrogens with zero attached hydrogens (tertiary/aromatic N) is 1. The number of benzene rings is 2. The van der Waals surface area contributed by atoms with Crippen molar-refractivity contribution in [3.05, 3.63) is 71.3 Å². The second-order valence-electron chi connectivity index (χ2n) is 7.54. The Kier molecular flexibility index (Phi) is 14.8. The third-order valence-electron chi connectivity index (χ3n) is 5.21. The van der Waals surface area contributed by atoms with E-state index in [1.54, 1.807) is 36.9 Å². The summed E-state index contributed by atoms with van der Waals surface area (Å²) in [6, 6.07) is 12.5. The van der Waals surface area contributed by atoms with Gasteiger partial charge >= 0.3 is 0 Å². The number of rotatable bonds is 12. The number of hydrogen-bond donors (Lipinski definition) is 2. The number of amides is 1. The zero-order valence-corrected chi connectivity index (χ0v) is 19.0. The Morgan fingerprint density at radius 1 is 1.06 bits per heavy atom. The van der Waals surface area contributed by atoms with Crippen LogP contribution in [0.5, 0.6) is 0 Å². The molecule has 0 saturated heterocycles. The van der Waals surface area contributed by atoms with Crippen LogP contribution in [0.4, 0.5) is 8.78 Å². The predicted molar refractivity (Wildman–Crippen MR) is 128 cm³/mol. The van der Waals surface area contributed by atoms with Gasteiger partial charge in [0.05, 0.1) is 6.10 Å². The van der Waals surface area contributed by atoms with Crippen LogP contribution in [0.2, 0.25) is 0 Å². The van der Waals surface area contributed by atoms with E-state index >= 15 is 0 Å². The molecule has 2 N–H and O–H groups in total. The first-order valence-electron chi connectivity index (χ1n) is 10.1. The van der Waals surface area contributed by atoms with Crippen LogP contribution in [-0.2, 0) is 16.1 Å². The third kappa shape index (κ3) is 10.1. The number of carbonyl (C=O) groups is 1. The molecule has 0 spiro atoms. The summed E-state index contributed by atoms with van der Waals surface area (Å²) in [5.41, 5.74) is 3.57. The molecule has 0 aliphatic carbocycles. The summed E-state index contributed by atoms with van der Waals surface area (Å²) in [7, 11) is 3.54. The van der Waals surface area contributed by atoms with Gasteiger partial charge in [-0.3, -0.25) is 10.0 Å². The maximum atomic E-state index is 13.2. The molecular formula is C24H36F2N2O3S. The average Bonchev–Trinajstić information content (AvgIpc) is 2.75. The van der Waals surface area contributed by atoms with Crippen molar-refractivity contribution in [1.82, 2.24) is 10.4 Å². The number of ether oxygens (including phenoxy) is 1. The van der Waals surface area contributed by atoms with Gasteiger partial charge < -0.3 is 9.64 Å². The van der Waals surface area contributed by atoms with Gasteiger partial charge in [-0.1, -0.05) is 38.1 Å². The fraction of sp³-hybridized carbons (Fsp3) is 0.458. The van der Waals surface area contributed by atoms with Crippen molar-refractivity contribution in [2.24, 2.45) is 5.92 Å². The molecule has 0 aliphatic heterocycles. The van der Waals surface area contributed by atoms with E-state index in [0.29, 0.717) is 12.8 Å². The normalized spacial score (nSPS) is 12.4. The van der Waals surface area contributed by atoms with Gasteiger partial charge in [-0.05, 0) is 68.2 Å². The lowest BCUT2D eigenvalue weighted by atomic mass is 9.91. The lowest BCUT2D eigenvalue weighted by molar-refractivity contribution is -0.135. The molecule has 0 fully saturated rings. The van der Waals surface area contributed by atoms with Crippen LogP contribution in [0.25, 0.3) is 0 Å².